The summed E-state index contributed by atoms with van der Waals surface area (Å²) >= 11 is 1.58. The summed E-state index contributed by atoms with van der Waals surface area (Å²) in [6, 6.07) is 9.86. The van der Waals surface area contributed by atoms with Crippen LogP contribution in [0.3, 0.4) is 0 Å². The largest absolute Gasteiger partial charge is 0.323 e. The van der Waals surface area contributed by atoms with Crippen molar-refractivity contribution in [1.29, 1.82) is 5.26 Å². The third kappa shape index (κ3) is 1.68. The monoisotopic (exact) mass is 256 g/mol. The molecule has 90 valence electrons. The van der Waals surface area contributed by atoms with Crippen LogP contribution < -0.4 is 0 Å². The van der Waals surface area contributed by atoms with E-state index in [-0.39, 0.29) is 11.9 Å². The molecule has 0 N–H and O–H groups in total. The predicted octanol–water partition coefficient (Wildman–Crippen LogP) is 3.03. The quantitative estimate of drug-likeness (QED) is 0.787. The number of carbonyl (C=O) groups is 1. The van der Waals surface area contributed by atoms with Crippen LogP contribution in [0.4, 0.5) is 0 Å². The lowest BCUT2D eigenvalue weighted by molar-refractivity contribution is 0.0767. The molecule has 1 aromatic carbocycles. The summed E-state index contributed by atoms with van der Waals surface area (Å²) in [5.74, 6) is -0.00324. The first kappa shape index (κ1) is 11.2. The van der Waals surface area contributed by atoms with Gasteiger partial charge in [-0.3, -0.25) is 4.79 Å². The Morgan fingerprint density at radius 1 is 1.44 bits per heavy atom. The van der Waals surface area contributed by atoms with Crippen LogP contribution >= 0.6 is 11.3 Å². The maximum atomic E-state index is 12.5. The average molecular weight is 256 g/mol. The van der Waals surface area contributed by atoms with Crippen LogP contribution in [0.25, 0.3) is 10.1 Å². The van der Waals surface area contributed by atoms with Gasteiger partial charge in [0.15, 0.2) is 0 Å². The van der Waals surface area contributed by atoms with Gasteiger partial charge in [0.25, 0.3) is 5.91 Å². The fraction of sp³-hybridized carbons (Fsp3) is 0.286. The van der Waals surface area contributed by atoms with Gasteiger partial charge in [-0.1, -0.05) is 18.2 Å². The number of nitriles is 1. The molecule has 4 heteroatoms. The van der Waals surface area contributed by atoms with E-state index in [1.807, 2.05) is 29.6 Å². The second-order valence-corrected chi connectivity index (χ2v) is 5.34. The molecular formula is C14H12N2OS. The van der Waals surface area contributed by atoms with Gasteiger partial charge in [0, 0.05) is 22.0 Å². The van der Waals surface area contributed by atoms with E-state index >= 15 is 0 Å². The number of hydrogen-bond acceptors (Lipinski definition) is 3. The summed E-state index contributed by atoms with van der Waals surface area (Å²) in [4.78, 5) is 14.2. The van der Waals surface area contributed by atoms with E-state index in [0.29, 0.717) is 6.54 Å². The maximum absolute atomic E-state index is 12.5. The van der Waals surface area contributed by atoms with E-state index in [1.165, 1.54) is 0 Å². The van der Waals surface area contributed by atoms with Crippen LogP contribution in [-0.4, -0.2) is 23.4 Å². The molecule has 1 saturated heterocycles. The van der Waals surface area contributed by atoms with E-state index in [9.17, 15) is 4.79 Å². The summed E-state index contributed by atoms with van der Waals surface area (Å²) in [6.45, 7) is 0.696. The molecule has 1 fully saturated rings. The molecule has 2 heterocycles. The Hall–Kier alpha value is -1.86. The van der Waals surface area contributed by atoms with Crippen molar-refractivity contribution in [3.63, 3.8) is 0 Å². The van der Waals surface area contributed by atoms with E-state index in [1.54, 1.807) is 16.2 Å². The lowest BCUT2D eigenvalue weighted by Crippen LogP contribution is -2.34. The number of nitrogens with zero attached hydrogens (tertiary/aromatic N) is 2. The molecule has 1 atom stereocenters. The smallest absolute Gasteiger partial charge is 0.256 e. The summed E-state index contributed by atoms with van der Waals surface area (Å²) in [5, 5.41) is 12.0. The first-order valence-corrected chi connectivity index (χ1v) is 6.86. The van der Waals surface area contributed by atoms with Gasteiger partial charge in [-0.2, -0.15) is 5.26 Å². The Morgan fingerprint density at radius 2 is 2.28 bits per heavy atom. The molecule has 2 aromatic rings. The second kappa shape index (κ2) is 4.43. The highest BCUT2D eigenvalue weighted by Crippen LogP contribution is 2.28. The molecule has 0 aliphatic carbocycles. The number of rotatable bonds is 1. The van der Waals surface area contributed by atoms with Gasteiger partial charge in [-0.15, -0.1) is 11.3 Å². The molecule has 3 nitrogen and oxygen atoms in total. The third-order valence-corrected chi connectivity index (χ3v) is 4.34. The Kier molecular flexibility index (Phi) is 2.77. The molecule has 0 radical (unpaired) electrons. The predicted molar refractivity (Wildman–Crippen MR) is 71.5 cm³/mol. The van der Waals surface area contributed by atoms with Crippen molar-refractivity contribution in [2.75, 3.05) is 6.54 Å². The molecule has 1 aliphatic heterocycles. The van der Waals surface area contributed by atoms with E-state index in [2.05, 4.69) is 6.07 Å². The summed E-state index contributed by atoms with van der Waals surface area (Å²) < 4.78 is 1.12. The molecule has 1 amide bonds. The Morgan fingerprint density at radius 3 is 3.11 bits per heavy atom. The molecule has 1 aromatic heterocycles. The molecular weight excluding hydrogens is 244 g/mol. The topological polar surface area (TPSA) is 44.1 Å². The van der Waals surface area contributed by atoms with Crippen molar-refractivity contribution < 1.29 is 4.79 Å². The molecule has 0 spiro atoms. The number of amides is 1. The Balaban J connectivity index is 2.00. The van der Waals surface area contributed by atoms with Crippen LogP contribution in [0.2, 0.25) is 0 Å². The van der Waals surface area contributed by atoms with Gasteiger partial charge in [-0.05, 0) is 18.9 Å². The van der Waals surface area contributed by atoms with Gasteiger partial charge in [0.1, 0.15) is 6.04 Å². The highest BCUT2D eigenvalue weighted by atomic mass is 32.1. The second-order valence-electron chi connectivity index (χ2n) is 4.43. The standard InChI is InChI=1S/C14H12N2OS/c15-8-10-4-3-7-16(10)14(17)12-9-18-13-6-2-1-5-11(12)13/h1-2,5-6,9-10H,3-4,7H2. The molecule has 0 saturated carbocycles. The zero-order chi connectivity index (χ0) is 12.5. The SMILES string of the molecule is N#CC1CCCN1C(=O)c1csc2ccccc12. The number of carbonyl (C=O) groups excluding carboxylic acids is 1. The highest BCUT2D eigenvalue weighted by Gasteiger charge is 2.30. The third-order valence-electron chi connectivity index (χ3n) is 3.37. The normalized spacial score (nSPS) is 19.1. The fourth-order valence-electron chi connectivity index (χ4n) is 2.44. The molecule has 1 unspecified atom stereocenters. The zero-order valence-corrected chi connectivity index (χ0v) is 10.6. The van der Waals surface area contributed by atoms with Gasteiger partial charge in [0.2, 0.25) is 0 Å². The van der Waals surface area contributed by atoms with Crippen LogP contribution in [0.15, 0.2) is 29.6 Å². The van der Waals surface area contributed by atoms with Crippen molar-refractivity contribution in [3.8, 4) is 6.07 Å². The number of fused-ring (bicyclic) bond motifs is 1. The number of thiophene rings is 1. The van der Waals surface area contributed by atoms with Crippen molar-refractivity contribution in [2.45, 2.75) is 18.9 Å². The van der Waals surface area contributed by atoms with Gasteiger partial charge in [0.05, 0.1) is 11.6 Å². The van der Waals surface area contributed by atoms with Crippen molar-refractivity contribution in [2.24, 2.45) is 0 Å². The minimum atomic E-state index is -0.254. The van der Waals surface area contributed by atoms with E-state index < -0.39 is 0 Å². The van der Waals surface area contributed by atoms with Crippen LogP contribution in [0.5, 0.6) is 0 Å². The lowest BCUT2D eigenvalue weighted by atomic mass is 10.1. The van der Waals surface area contributed by atoms with Crippen molar-refractivity contribution in [1.82, 2.24) is 4.90 Å². The fourth-order valence-corrected chi connectivity index (χ4v) is 3.38. The van der Waals surface area contributed by atoms with Crippen LogP contribution in [0, 0.1) is 11.3 Å². The molecule has 0 bridgehead atoms. The number of benzene rings is 1. The van der Waals surface area contributed by atoms with E-state index in [4.69, 9.17) is 5.26 Å². The lowest BCUT2D eigenvalue weighted by Gasteiger charge is -2.18. The van der Waals surface area contributed by atoms with Crippen molar-refractivity contribution in [3.05, 3.63) is 35.2 Å². The minimum absolute atomic E-state index is 0.00324. The Labute approximate surface area is 109 Å². The zero-order valence-electron chi connectivity index (χ0n) is 9.80. The first-order chi connectivity index (χ1) is 8.81. The highest BCUT2D eigenvalue weighted by molar-refractivity contribution is 7.17. The number of hydrogen-bond donors (Lipinski definition) is 0. The first-order valence-electron chi connectivity index (χ1n) is 5.98. The van der Waals surface area contributed by atoms with Crippen molar-refractivity contribution >= 4 is 27.3 Å². The summed E-state index contributed by atoms with van der Waals surface area (Å²) in [6.07, 6.45) is 1.72. The molecule has 3 rings (SSSR count). The molecule has 18 heavy (non-hydrogen) atoms. The maximum Gasteiger partial charge on any atom is 0.256 e. The van der Waals surface area contributed by atoms with Gasteiger partial charge >= 0.3 is 0 Å². The number of likely N-dealkylation sites (tertiary alicyclic amines) is 1. The summed E-state index contributed by atoms with van der Waals surface area (Å²) in [5.41, 5.74) is 0.734. The van der Waals surface area contributed by atoms with E-state index in [0.717, 1.165) is 28.5 Å². The minimum Gasteiger partial charge on any atom is -0.323 e. The molecule has 1 aliphatic rings. The Bertz CT molecular complexity index is 641. The average Bonchev–Trinajstić information content (AvgIpc) is 3.04. The van der Waals surface area contributed by atoms with Crippen LogP contribution in [-0.2, 0) is 0 Å². The van der Waals surface area contributed by atoms with Gasteiger partial charge in [-0.25, -0.2) is 0 Å². The summed E-state index contributed by atoms with van der Waals surface area (Å²) in [7, 11) is 0. The van der Waals surface area contributed by atoms with Gasteiger partial charge < -0.3 is 4.90 Å². The van der Waals surface area contributed by atoms with Crippen LogP contribution in [0.1, 0.15) is 23.2 Å².